The lowest BCUT2D eigenvalue weighted by atomic mass is 9.79. The zero-order chi connectivity index (χ0) is 38.1. The number of anilines is 1. The first kappa shape index (κ1) is 38.5. The Morgan fingerprint density at radius 3 is 1.96 bits per heavy atom. The maximum atomic E-state index is 12.6. The van der Waals surface area contributed by atoms with E-state index in [1.54, 1.807) is 30.3 Å². The number of hydrogen-bond acceptors (Lipinski definition) is 4. The summed E-state index contributed by atoms with van der Waals surface area (Å²) in [4.78, 5) is 5.02. The van der Waals surface area contributed by atoms with Gasteiger partial charge < -0.3 is 9.67 Å². The van der Waals surface area contributed by atoms with Gasteiger partial charge in [0, 0.05) is 28.9 Å². The van der Waals surface area contributed by atoms with Crippen LogP contribution in [0.3, 0.4) is 0 Å². The first-order chi connectivity index (χ1) is 24.9. The third kappa shape index (κ3) is 9.66. The van der Waals surface area contributed by atoms with Crippen molar-refractivity contribution in [3.8, 4) is 28.1 Å². The van der Waals surface area contributed by atoms with Crippen molar-refractivity contribution in [2.24, 2.45) is 10.8 Å². The number of nitrogens with zero attached hydrogens (tertiary/aromatic N) is 3. The second-order valence-corrected chi connectivity index (χ2v) is 18.8. The Labute approximate surface area is 324 Å². The van der Waals surface area contributed by atoms with Crippen LogP contribution >= 0.6 is 23.2 Å². The monoisotopic (exact) mass is 770 g/mol. The molecule has 0 saturated heterocycles. The molecule has 4 aromatic carbocycles. The molecule has 53 heavy (non-hydrogen) atoms. The van der Waals surface area contributed by atoms with E-state index in [0.29, 0.717) is 50.3 Å². The highest BCUT2D eigenvalue weighted by Gasteiger charge is 2.29. The Morgan fingerprint density at radius 2 is 1.40 bits per heavy atom. The molecule has 0 fully saturated rings. The van der Waals surface area contributed by atoms with Crippen LogP contribution in [0.2, 0.25) is 10.0 Å². The van der Waals surface area contributed by atoms with E-state index in [1.807, 2.05) is 22.9 Å². The third-order valence-corrected chi connectivity index (χ3v) is 11.4. The summed E-state index contributed by atoms with van der Waals surface area (Å²) in [5, 5.41) is 10.9. The summed E-state index contributed by atoms with van der Waals surface area (Å²) in [6, 6.07) is 30.0. The lowest BCUT2D eigenvalue weighted by molar-refractivity contribution is 0.310. The van der Waals surface area contributed by atoms with Gasteiger partial charge in [0.1, 0.15) is 5.82 Å². The van der Waals surface area contributed by atoms with Crippen LogP contribution in [0.25, 0.3) is 28.1 Å². The fourth-order valence-corrected chi connectivity index (χ4v) is 8.16. The molecule has 1 aliphatic heterocycles. The lowest BCUT2D eigenvalue weighted by Crippen LogP contribution is -2.29. The number of aromatic nitrogens is 2. The molecule has 1 aliphatic rings. The maximum absolute atomic E-state index is 12.6. The highest BCUT2D eigenvalue weighted by Crippen LogP contribution is 2.37. The number of hydrogen-bond donors (Lipinski definition) is 2. The van der Waals surface area contributed by atoms with Gasteiger partial charge in [-0.05, 0) is 101 Å². The first-order valence-corrected chi connectivity index (χ1v) is 20.2. The minimum absolute atomic E-state index is 0.310. The molecule has 2 N–H and O–H groups in total. The number of aliphatic hydroxyl groups excluding tert-OH is 1. The SMILES string of the molecule is CC(C)(C)CCC(CCC(C)(C)C)c1ccc(-c2ccc(Cc3nc(-c4ccc(Cl)cc4Cl)cn3-c3cccc(N4C=C(O)NS4(=O)=O)c3)cc2)cc1. The molecular weight excluding hydrogens is 723 g/mol. The van der Waals surface area contributed by atoms with E-state index in [1.165, 1.54) is 36.8 Å². The van der Waals surface area contributed by atoms with Crippen molar-refractivity contribution in [3.05, 3.63) is 136 Å². The van der Waals surface area contributed by atoms with Gasteiger partial charge in [-0.2, -0.15) is 8.42 Å². The predicted octanol–water partition coefficient (Wildman–Crippen LogP) is 11.9. The Hall–Kier alpha value is -4.24. The molecule has 0 amide bonds. The highest BCUT2D eigenvalue weighted by atomic mass is 35.5. The van der Waals surface area contributed by atoms with Crippen molar-refractivity contribution in [1.29, 1.82) is 0 Å². The molecule has 5 aromatic rings. The van der Waals surface area contributed by atoms with Gasteiger partial charge in [-0.15, -0.1) is 0 Å². The normalized spacial score (nSPS) is 14.4. The van der Waals surface area contributed by atoms with E-state index in [9.17, 15) is 13.5 Å². The maximum Gasteiger partial charge on any atom is 0.330 e. The largest absolute Gasteiger partial charge is 0.493 e. The molecule has 6 rings (SSSR count). The second-order valence-electron chi connectivity index (χ2n) is 16.4. The van der Waals surface area contributed by atoms with Crippen molar-refractivity contribution < 1.29 is 13.5 Å². The minimum atomic E-state index is -3.96. The number of halogens is 2. The lowest BCUT2D eigenvalue weighted by Gasteiger charge is -2.26. The van der Waals surface area contributed by atoms with Crippen molar-refractivity contribution in [3.63, 3.8) is 0 Å². The van der Waals surface area contributed by atoms with Gasteiger partial charge in [0.15, 0.2) is 0 Å². The van der Waals surface area contributed by atoms with Gasteiger partial charge in [-0.25, -0.2) is 14.0 Å². The zero-order valence-corrected chi connectivity index (χ0v) is 33.5. The number of rotatable bonds is 11. The smallest absolute Gasteiger partial charge is 0.330 e. The molecule has 0 spiro atoms. The van der Waals surface area contributed by atoms with E-state index in [4.69, 9.17) is 28.2 Å². The Balaban J connectivity index is 1.27. The molecular formula is C43H48Cl2N4O3S. The molecule has 10 heteroatoms. The zero-order valence-electron chi connectivity index (χ0n) is 31.2. The average molecular weight is 772 g/mol. The topological polar surface area (TPSA) is 87.5 Å². The standard InChI is InChI=1S/C43H48Cl2N4O3S/c1-42(2,3)22-20-33(21-23-43(4,5)6)32-16-14-31(15-17-32)30-12-10-29(11-13-30)24-40-46-39(37-19-18-34(44)25-38(37)45)27-48(40)35-8-7-9-36(26-35)49-28-41(50)47-53(49,51)52/h7-19,25-28,33,47,50H,20-24H2,1-6H3. The average Bonchev–Trinajstić information content (AvgIpc) is 3.62. The molecule has 1 aromatic heterocycles. The first-order valence-electron chi connectivity index (χ1n) is 18.0. The second kappa shape index (κ2) is 15.2. The van der Waals surface area contributed by atoms with Crippen LogP contribution in [0.5, 0.6) is 0 Å². The molecule has 0 atom stereocenters. The Bertz CT molecular complexity index is 2200. The van der Waals surface area contributed by atoms with Gasteiger partial charge in [0.2, 0.25) is 5.88 Å². The van der Waals surface area contributed by atoms with E-state index >= 15 is 0 Å². The molecule has 2 heterocycles. The summed E-state index contributed by atoms with van der Waals surface area (Å²) in [6.45, 7) is 14.0. The van der Waals surface area contributed by atoms with Crippen LogP contribution in [0.1, 0.15) is 90.1 Å². The van der Waals surface area contributed by atoms with E-state index in [-0.39, 0.29) is 0 Å². The van der Waals surface area contributed by atoms with Crippen molar-refractivity contribution in [2.45, 2.75) is 79.6 Å². The number of aliphatic hydroxyl groups is 1. The van der Waals surface area contributed by atoms with Crippen LogP contribution in [0.4, 0.5) is 5.69 Å². The quantitative estimate of drug-likeness (QED) is 0.140. The van der Waals surface area contributed by atoms with Crippen molar-refractivity contribution in [1.82, 2.24) is 14.3 Å². The van der Waals surface area contributed by atoms with Gasteiger partial charge >= 0.3 is 10.2 Å². The van der Waals surface area contributed by atoms with Crippen molar-refractivity contribution in [2.75, 3.05) is 4.31 Å². The molecule has 0 bridgehead atoms. The molecule has 0 unspecified atom stereocenters. The van der Waals surface area contributed by atoms with Gasteiger partial charge in [-0.3, -0.25) is 0 Å². The summed E-state index contributed by atoms with van der Waals surface area (Å²) in [6.07, 6.45) is 8.30. The van der Waals surface area contributed by atoms with Gasteiger partial charge in [-0.1, -0.05) is 119 Å². The minimum Gasteiger partial charge on any atom is -0.493 e. The van der Waals surface area contributed by atoms with Crippen LogP contribution in [-0.2, 0) is 16.6 Å². The van der Waals surface area contributed by atoms with E-state index < -0.39 is 16.1 Å². The molecule has 7 nitrogen and oxygen atoms in total. The van der Waals surface area contributed by atoms with Gasteiger partial charge in [0.25, 0.3) is 0 Å². The summed E-state index contributed by atoms with van der Waals surface area (Å²) in [5.41, 5.74) is 7.84. The highest BCUT2D eigenvalue weighted by molar-refractivity contribution is 7.91. The van der Waals surface area contributed by atoms with Crippen LogP contribution in [0.15, 0.2) is 109 Å². The van der Waals surface area contributed by atoms with E-state index in [0.717, 1.165) is 33.0 Å². The number of imidazole rings is 1. The summed E-state index contributed by atoms with van der Waals surface area (Å²) < 4.78 is 30.3. The molecule has 0 aliphatic carbocycles. The molecule has 0 radical (unpaired) electrons. The Morgan fingerprint density at radius 1 is 0.792 bits per heavy atom. The Kier molecular flexibility index (Phi) is 11.1. The summed E-state index contributed by atoms with van der Waals surface area (Å²) in [7, 11) is -3.96. The van der Waals surface area contributed by atoms with Crippen LogP contribution in [0, 0.1) is 10.8 Å². The molecule has 0 saturated carbocycles. The number of benzene rings is 4. The third-order valence-electron chi connectivity index (χ3n) is 9.60. The molecule has 278 valence electrons. The van der Waals surface area contributed by atoms with Crippen LogP contribution < -0.4 is 9.03 Å². The predicted molar refractivity (Wildman–Crippen MR) is 219 cm³/mol. The fourth-order valence-electron chi connectivity index (χ4n) is 6.61. The van der Waals surface area contributed by atoms with Crippen LogP contribution in [-0.4, -0.2) is 23.1 Å². The number of nitrogens with one attached hydrogen (secondary N) is 1. The summed E-state index contributed by atoms with van der Waals surface area (Å²) >= 11 is 12.8. The summed E-state index contributed by atoms with van der Waals surface area (Å²) in [5.74, 6) is 0.828. The van der Waals surface area contributed by atoms with Crippen molar-refractivity contribution >= 4 is 39.1 Å². The fraction of sp³-hybridized carbons (Fsp3) is 0.326. The van der Waals surface area contributed by atoms with Gasteiger partial charge in [0.05, 0.1) is 22.6 Å². The van der Waals surface area contributed by atoms with E-state index in [2.05, 4.69) is 94.8 Å².